The molecule has 1 atom stereocenters. The molecule has 4 rings (SSSR count). The van der Waals surface area contributed by atoms with Gasteiger partial charge in [-0.15, -0.1) is 10.2 Å². The van der Waals surface area contributed by atoms with Gasteiger partial charge in [-0.2, -0.15) is 0 Å². The Kier molecular flexibility index (Phi) is 6.77. The number of amides is 1. The first-order valence-corrected chi connectivity index (χ1v) is 10.6. The van der Waals surface area contributed by atoms with E-state index in [0.717, 1.165) is 5.69 Å². The van der Waals surface area contributed by atoms with Crippen LogP contribution in [0.15, 0.2) is 61.1 Å². The summed E-state index contributed by atoms with van der Waals surface area (Å²) < 4.78 is 21.4. The lowest BCUT2D eigenvalue weighted by atomic mass is 10.1. The number of anilines is 1. The van der Waals surface area contributed by atoms with Gasteiger partial charge in [0.05, 0.1) is 25.3 Å². The highest BCUT2D eigenvalue weighted by Crippen LogP contribution is 2.28. The van der Waals surface area contributed by atoms with E-state index in [1.807, 2.05) is 17.7 Å². The van der Waals surface area contributed by atoms with E-state index in [-0.39, 0.29) is 5.91 Å². The Morgan fingerprint density at radius 2 is 2.00 bits per heavy atom. The van der Waals surface area contributed by atoms with Gasteiger partial charge in [0, 0.05) is 24.5 Å². The Hall–Kier alpha value is -4.34. The average molecular weight is 462 g/mol. The Morgan fingerprint density at radius 3 is 2.76 bits per heavy atom. The normalized spacial score (nSPS) is 11.6. The number of carbonyl (C=O) groups is 1. The zero-order valence-electron chi connectivity index (χ0n) is 19.0. The number of benzene rings is 2. The van der Waals surface area contributed by atoms with Crippen LogP contribution in [-0.2, 0) is 13.6 Å². The van der Waals surface area contributed by atoms with Crippen molar-refractivity contribution < 1.29 is 13.9 Å². The van der Waals surface area contributed by atoms with Crippen LogP contribution in [0, 0.1) is 5.82 Å². The van der Waals surface area contributed by atoms with E-state index in [2.05, 4.69) is 30.8 Å². The smallest absolute Gasteiger partial charge is 0.251 e. The molecule has 2 heterocycles. The van der Waals surface area contributed by atoms with Gasteiger partial charge in [-0.3, -0.25) is 4.79 Å². The van der Waals surface area contributed by atoms with Crippen molar-refractivity contribution in [3.8, 4) is 17.3 Å². The van der Waals surface area contributed by atoms with E-state index in [4.69, 9.17) is 4.74 Å². The highest BCUT2D eigenvalue weighted by atomic mass is 19.1. The number of hydrogen-bond donors (Lipinski definition) is 2. The van der Waals surface area contributed by atoms with Gasteiger partial charge in [0.2, 0.25) is 0 Å². The molecule has 2 N–H and O–H groups in total. The van der Waals surface area contributed by atoms with Crippen LogP contribution in [0.4, 0.5) is 10.1 Å². The summed E-state index contributed by atoms with van der Waals surface area (Å²) in [4.78, 5) is 21.0. The maximum atomic E-state index is 14.3. The van der Waals surface area contributed by atoms with Crippen molar-refractivity contribution in [3.63, 3.8) is 0 Å². The molecule has 0 saturated carbocycles. The zero-order chi connectivity index (χ0) is 24.1. The van der Waals surface area contributed by atoms with Crippen molar-refractivity contribution in [3.05, 3.63) is 83.8 Å². The maximum absolute atomic E-state index is 14.3. The zero-order valence-corrected chi connectivity index (χ0v) is 19.0. The molecule has 0 saturated heterocycles. The number of ether oxygens (including phenoxy) is 1. The number of halogens is 1. The third-order valence-corrected chi connectivity index (χ3v) is 5.36. The molecular weight excluding hydrogens is 437 g/mol. The molecular formula is C24H24FN7O2. The SMILES string of the molecule is COc1cccc(F)c1C(C)NC(=O)c1cccc(NCc2nnc(-c3ccncn3)n2C)c1. The van der Waals surface area contributed by atoms with Crippen LogP contribution in [0.25, 0.3) is 11.5 Å². The molecule has 4 aromatic rings. The van der Waals surface area contributed by atoms with E-state index in [1.165, 1.54) is 19.5 Å². The molecule has 9 nitrogen and oxygen atoms in total. The minimum atomic E-state index is -0.584. The van der Waals surface area contributed by atoms with Crippen LogP contribution in [0.5, 0.6) is 5.75 Å². The Labute approximate surface area is 196 Å². The lowest BCUT2D eigenvalue weighted by Crippen LogP contribution is -2.27. The summed E-state index contributed by atoms with van der Waals surface area (Å²) in [5.74, 6) is 0.945. The minimum absolute atomic E-state index is 0.300. The fourth-order valence-corrected chi connectivity index (χ4v) is 3.58. The molecule has 0 aliphatic rings. The average Bonchev–Trinajstić information content (AvgIpc) is 3.23. The van der Waals surface area contributed by atoms with Crippen LogP contribution in [-0.4, -0.2) is 37.7 Å². The van der Waals surface area contributed by atoms with Gasteiger partial charge in [-0.1, -0.05) is 12.1 Å². The van der Waals surface area contributed by atoms with Crippen molar-refractivity contribution in [1.82, 2.24) is 30.0 Å². The summed E-state index contributed by atoms with van der Waals surface area (Å²) in [6.07, 6.45) is 3.11. The highest BCUT2D eigenvalue weighted by molar-refractivity contribution is 5.95. The molecule has 0 spiro atoms. The van der Waals surface area contributed by atoms with Gasteiger partial charge >= 0.3 is 0 Å². The molecule has 0 fully saturated rings. The molecule has 174 valence electrons. The fraction of sp³-hybridized carbons (Fsp3) is 0.208. The lowest BCUT2D eigenvalue weighted by molar-refractivity contribution is 0.0939. The third-order valence-electron chi connectivity index (χ3n) is 5.36. The first kappa shape index (κ1) is 22.8. The Balaban J connectivity index is 1.44. The molecule has 0 radical (unpaired) electrons. The summed E-state index contributed by atoms with van der Waals surface area (Å²) in [6.45, 7) is 2.10. The van der Waals surface area contributed by atoms with E-state index < -0.39 is 11.9 Å². The molecule has 1 amide bonds. The van der Waals surface area contributed by atoms with Crippen molar-refractivity contribution in [2.75, 3.05) is 12.4 Å². The summed E-state index contributed by atoms with van der Waals surface area (Å²) in [7, 11) is 3.33. The van der Waals surface area contributed by atoms with Crippen LogP contribution < -0.4 is 15.4 Å². The summed E-state index contributed by atoms with van der Waals surface area (Å²) in [5.41, 5.74) is 2.15. The van der Waals surface area contributed by atoms with Gasteiger partial charge < -0.3 is 19.9 Å². The second kappa shape index (κ2) is 10.1. The van der Waals surface area contributed by atoms with Crippen molar-refractivity contribution >= 4 is 11.6 Å². The maximum Gasteiger partial charge on any atom is 0.251 e. The topological polar surface area (TPSA) is 107 Å². The second-order valence-corrected chi connectivity index (χ2v) is 7.58. The van der Waals surface area contributed by atoms with E-state index >= 15 is 0 Å². The number of nitrogens with one attached hydrogen (secondary N) is 2. The van der Waals surface area contributed by atoms with Crippen LogP contribution in [0.1, 0.15) is 34.7 Å². The first-order valence-electron chi connectivity index (χ1n) is 10.6. The number of methoxy groups -OCH3 is 1. The molecule has 0 bridgehead atoms. The second-order valence-electron chi connectivity index (χ2n) is 7.58. The molecule has 1 unspecified atom stereocenters. The first-order chi connectivity index (χ1) is 16.5. The van der Waals surface area contributed by atoms with Crippen molar-refractivity contribution in [1.29, 1.82) is 0 Å². The summed E-state index contributed by atoms with van der Waals surface area (Å²) >= 11 is 0. The van der Waals surface area contributed by atoms with Gasteiger partial charge in [0.25, 0.3) is 5.91 Å². The van der Waals surface area contributed by atoms with Gasteiger partial charge in [-0.25, -0.2) is 14.4 Å². The number of hydrogen-bond acceptors (Lipinski definition) is 7. The predicted molar refractivity (Wildman–Crippen MR) is 125 cm³/mol. The van der Waals surface area contributed by atoms with E-state index in [9.17, 15) is 9.18 Å². The quantitative estimate of drug-likeness (QED) is 0.413. The molecule has 2 aromatic carbocycles. The number of nitrogens with zero attached hydrogens (tertiary/aromatic N) is 5. The number of aromatic nitrogens is 5. The minimum Gasteiger partial charge on any atom is -0.496 e. The number of carbonyl (C=O) groups excluding carboxylic acids is 1. The third kappa shape index (κ3) is 4.85. The lowest BCUT2D eigenvalue weighted by Gasteiger charge is -2.18. The Bertz CT molecular complexity index is 1290. The standard InChI is InChI=1S/C24H24FN7O2/c1-15(22-18(25)8-5-9-20(22)34-3)29-24(33)16-6-4-7-17(12-16)27-13-21-30-31-23(32(21)2)19-10-11-26-14-28-19/h4-12,14-15,27H,13H2,1-3H3,(H,29,33). The molecule has 2 aromatic heterocycles. The van der Waals surface area contributed by atoms with Crippen molar-refractivity contribution in [2.24, 2.45) is 7.05 Å². The van der Waals surface area contributed by atoms with Crippen molar-refractivity contribution in [2.45, 2.75) is 19.5 Å². The van der Waals surface area contributed by atoms with Crippen LogP contribution in [0.3, 0.4) is 0 Å². The van der Waals surface area contributed by atoms with Gasteiger partial charge in [0.15, 0.2) is 11.6 Å². The van der Waals surface area contributed by atoms with Crippen LogP contribution in [0.2, 0.25) is 0 Å². The summed E-state index contributed by atoms with van der Waals surface area (Å²) in [5, 5.41) is 14.5. The highest BCUT2D eigenvalue weighted by Gasteiger charge is 2.19. The van der Waals surface area contributed by atoms with Crippen LogP contribution >= 0.6 is 0 Å². The Morgan fingerprint density at radius 1 is 1.18 bits per heavy atom. The monoisotopic (exact) mass is 461 g/mol. The largest absolute Gasteiger partial charge is 0.496 e. The van der Waals surface area contributed by atoms with E-state index in [1.54, 1.807) is 49.5 Å². The number of rotatable bonds is 8. The molecule has 0 aliphatic heterocycles. The molecule has 10 heteroatoms. The van der Waals surface area contributed by atoms with Gasteiger partial charge in [0.1, 0.15) is 23.6 Å². The van der Waals surface area contributed by atoms with Gasteiger partial charge in [-0.05, 0) is 43.3 Å². The fourth-order valence-electron chi connectivity index (χ4n) is 3.58. The predicted octanol–water partition coefficient (Wildman–Crippen LogP) is 3.52. The summed E-state index contributed by atoms with van der Waals surface area (Å²) in [6, 6.07) is 12.8. The molecule has 34 heavy (non-hydrogen) atoms. The molecule has 0 aliphatic carbocycles. The van der Waals surface area contributed by atoms with E-state index in [0.29, 0.717) is 40.8 Å².